The van der Waals surface area contributed by atoms with Crippen LogP contribution >= 0.6 is 0 Å². The SMILES string of the molecule is CCC(C)CCCC(C)C.[Br-].[Br-].[Mg+2]. The summed E-state index contributed by atoms with van der Waals surface area (Å²) in [6, 6.07) is 0. The summed E-state index contributed by atoms with van der Waals surface area (Å²) in [6.45, 7) is 9.23. The molecule has 0 radical (unpaired) electrons. The van der Waals surface area contributed by atoms with Crippen molar-refractivity contribution in [2.75, 3.05) is 0 Å². The van der Waals surface area contributed by atoms with Crippen molar-refractivity contribution in [3.63, 3.8) is 0 Å². The minimum atomic E-state index is 0. The third-order valence-corrected chi connectivity index (χ3v) is 2.18. The molecule has 0 spiro atoms. The Labute approximate surface area is 121 Å². The van der Waals surface area contributed by atoms with E-state index in [-0.39, 0.29) is 57.0 Å². The first kappa shape index (κ1) is 24.1. The summed E-state index contributed by atoms with van der Waals surface area (Å²) in [5, 5.41) is 0. The van der Waals surface area contributed by atoms with Crippen LogP contribution < -0.4 is 34.0 Å². The van der Waals surface area contributed by atoms with E-state index in [4.69, 9.17) is 0 Å². The molecule has 0 rings (SSSR count). The molecule has 1 unspecified atom stereocenters. The van der Waals surface area contributed by atoms with Gasteiger partial charge in [0.15, 0.2) is 0 Å². The van der Waals surface area contributed by atoms with E-state index in [0.29, 0.717) is 0 Å². The van der Waals surface area contributed by atoms with Gasteiger partial charge in [0, 0.05) is 0 Å². The van der Waals surface area contributed by atoms with Crippen molar-refractivity contribution in [1.29, 1.82) is 0 Å². The second kappa shape index (κ2) is 16.2. The van der Waals surface area contributed by atoms with E-state index < -0.39 is 0 Å². The maximum Gasteiger partial charge on any atom is 2.00 e. The van der Waals surface area contributed by atoms with Gasteiger partial charge in [-0.15, -0.1) is 0 Å². The smallest absolute Gasteiger partial charge is 1.00 e. The van der Waals surface area contributed by atoms with Crippen LogP contribution in [-0.2, 0) is 0 Å². The van der Waals surface area contributed by atoms with Crippen molar-refractivity contribution >= 4 is 23.1 Å². The second-order valence-electron chi connectivity index (χ2n) is 3.84. The quantitative estimate of drug-likeness (QED) is 0.490. The van der Waals surface area contributed by atoms with Crippen LogP contribution in [0.3, 0.4) is 0 Å². The average molecular weight is 326 g/mol. The number of hydrogen-bond donors (Lipinski definition) is 0. The normalized spacial score (nSPS) is 10.8. The third kappa shape index (κ3) is 20.0. The predicted octanol–water partition coefficient (Wildman–Crippen LogP) is -2.51. The van der Waals surface area contributed by atoms with Crippen LogP contribution in [0.1, 0.15) is 53.4 Å². The monoisotopic (exact) mass is 324 g/mol. The van der Waals surface area contributed by atoms with Crippen molar-refractivity contribution < 1.29 is 34.0 Å². The van der Waals surface area contributed by atoms with Crippen LogP contribution in [0.4, 0.5) is 0 Å². The Hall–Kier alpha value is 1.73. The van der Waals surface area contributed by atoms with E-state index in [9.17, 15) is 0 Å². The zero-order valence-electron chi connectivity index (χ0n) is 9.45. The molecule has 0 amide bonds. The van der Waals surface area contributed by atoms with Gasteiger partial charge in [-0.2, -0.15) is 0 Å². The number of rotatable bonds is 5. The molecule has 3 heteroatoms. The van der Waals surface area contributed by atoms with Crippen LogP contribution in [0.5, 0.6) is 0 Å². The summed E-state index contributed by atoms with van der Waals surface area (Å²) in [6.07, 6.45) is 5.60. The van der Waals surface area contributed by atoms with Gasteiger partial charge in [-0.3, -0.25) is 0 Å². The van der Waals surface area contributed by atoms with Crippen LogP contribution in [-0.4, -0.2) is 23.1 Å². The fourth-order valence-electron chi connectivity index (χ4n) is 1.08. The van der Waals surface area contributed by atoms with Crippen molar-refractivity contribution in [3.05, 3.63) is 0 Å². The topological polar surface area (TPSA) is 0 Å². The first-order valence-electron chi connectivity index (χ1n) is 4.66. The standard InChI is InChI=1S/C10H22.2BrH.Mg/c1-5-10(4)8-6-7-9(2)3;;;/h9-10H,5-8H2,1-4H3;2*1H;/q;;;+2/p-2. The Morgan fingerprint density at radius 3 is 1.69 bits per heavy atom. The van der Waals surface area contributed by atoms with E-state index in [0.717, 1.165) is 11.8 Å². The molecule has 0 fully saturated rings. The molecule has 0 aromatic heterocycles. The molecule has 0 bridgehead atoms. The van der Waals surface area contributed by atoms with E-state index in [2.05, 4.69) is 27.7 Å². The Morgan fingerprint density at radius 1 is 0.923 bits per heavy atom. The molecule has 1 atom stereocenters. The summed E-state index contributed by atoms with van der Waals surface area (Å²) in [5.41, 5.74) is 0. The van der Waals surface area contributed by atoms with E-state index in [1.54, 1.807) is 0 Å². The molecule has 0 aliphatic rings. The van der Waals surface area contributed by atoms with Crippen LogP contribution in [0.15, 0.2) is 0 Å². The van der Waals surface area contributed by atoms with Gasteiger partial charge in [0.05, 0.1) is 0 Å². The fraction of sp³-hybridized carbons (Fsp3) is 1.00. The van der Waals surface area contributed by atoms with Gasteiger partial charge in [0.2, 0.25) is 0 Å². The molecule has 78 valence electrons. The minimum Gasteiger partial charge on any atom is -1.00 e. The third-order valence-electron chi connectivity index (χ3n) is 2.18. The van der Waals surface area contributed by atoms with Gasteiger partial charge in [-0.1, -0.05) is 53.4 Å². The Morgan fingerprint density at radius 2 is 1.38 bits per heavy atom. The maximum absolute atomic E-state index is 2.35. The van der Waals surface area contributed by atoms with Crippen LogP contribution in [0.25, 0.3) is 0 Å². The Balaban J connectivity index is -0.000000135. The molecule has 0 N–H and O–H groups in total. The zero-order chi connectivity index (χ0) is 7.98. The molecule has 0 aromatic carbocycles. The summed E-state index contributed by atoms with van der Waals surface area (Å²) in [4.78, 5) is 0. The molecule has 0 saturated carbocycles. The van der Waals surface area contributed by atoms with Gasteiger partial charge < -0.3 is 34.0 Å². The van der Waals surface area contributed by atoms with Crippen LogP contribution in [0.2, 0.25) is 0 Å². The van der Waals surface area contributed by atoms with Crippen LogP contribution in [0, 0.1) is 11.8 Å². The molecule has 0 aliphatic heterocycles. The Kier molecular flexibility index (Phi) is 30.0. The summed E-state index contributed by atoms with van der Waals surface area (Å²) in [7, 11) is 0. The summed E-state index contributed by atoms with van der Waals surface area (Å²) in [5.74, 6) is 1.84. The van der Waals surface area contributed by atoms with Gasteiger partial charge in [0.25, 0.3) is 0 Å². The van der Waals surface area contributed by atoms with Gasteiger partial charge in [-0.25, -0.2) is 0 Å². The van der Waals surface area contributed by atoms with E-state index >= 15 is 0 Å². The molecular weight excluding hydrogens is 304 g/mol. The Bertz CT molecular complexity index is 77.3. The fourth-order valence-corrected chi connectivity index (χ4v) is 1.08. The van der Waals surface area contributed by atoms with Crippen molar-refractivity contribution in [3.8, 4) is 0 Å². The largest absolute Gasteiger partial charge is 2.00 e. The van der Waals surface area contributed by atoms with E-state index in [1.165, 1.54) is 25.7 Å². The summed E-state index contributed by atoms with van der Waals surface area (Å²) < 4.78 is 0. The maximum atomic E-state index is 2.35. The number of hydrogen-bond acceptors (Lipinski definition) is 0. The first-order valence-corrected chi connectivity index (χ1v) is 4.66. The van der Waals surface area contributed by atoms with Gasteiger partial charge in [-0.05, 0) is 11.8 Å². The molecule has 0 heterocycles. The van der Waals surface area contributed by atoms with Crippen molar-refractivity contribution in [1.82, 2.24) is 0 Å². The average Bonchev–Trinajstić information content (AvgIpc) is 1.87. The van der Waals surface area contributed by atoms with E-state index in [1.807, 2.05) is 0 Å². The molecule has 0 aliphatic carbocycles. The second-order valence-corrected chi connectivity index (χ2v) is 3.84. The molecular formula is C10H22Br2Mg. The zero-order valence-corrected chi connectivity index (χ0v) is 14.0. The molecule has 13 heavy (non-hydrogen) atoms. The summed E-state index contributed by atoms with van der Waals surface area (Å²) >= 11 is 0. The predicted molar refractivity (Wildman–Crippen MR) is 53.9 cm³/mol. The number of halogens is 2. The van der Waals surface area contributed by atoms with Crippen molar-refractivity contribution in [2.24, 2.45) is 11.8 Å². The van der Waals surface area contributed by atoms with Gasteiger partial charge in [0.1, 0.15) is 0 Å². The van der Waals surface area contributed by atoms with Crippen molar-refractivity contribution in [2.45, 2.75) is 53.4 Å². The first-order chi connectivity index (χ1) is 4.66. The molecule has 0 saturated heterocycles. The van der Waals surface area contributed by atoms with Gasteiger partial charge >= 0.3 is 23.1 Å². The minimum absolute atomic E-state index is 0. The molecule has 0 nitrogen and oxygen atoms in total. The molecule has 0 aromatic rings.